The Hall–Kier alpha value is -1.99. The number of anilines is 1. The molecule has 0 saturated carbocycles. The van der Waals surface area contributed by atoms with E-state index in [9.17, 15) is 0 Å². The van der Waals surface area contributed by atoms with E-state index in [1.165, 1.54) is 5.69 Å². The van der Waals surface area contributed by atoms with Gasteiger partial charge in [0.25, 0.3) is 0 Å². The molecule has 0 atom stereocenters. The van der Waals surface area contributed by atoms with Crippen LogP contribution in [0.15, 0.2) is 29.3 Å². The summed E-state index contributed by atoms with van der Waals surface area (Å²) >= 11 is 0. The lowest BCUT2D eigenvalue weighted by molar-refractivity contribution is -0.00689. The summed E-state index contributed by atoms with van der Waals surface area (Å²) in [6.07, 6.45) is 0. The number of nitrogens with zero attached hydrogens (tertiary/aromatic N) is 4. The molecule has 0 aliphatic carbocycles. The van der Waals surface area contributed by atoms with Gasteiger partial charge in [-0.05, 0) is 32.9 Å². The van der Waals surface area contributed by atoms with Crippen molar-refractivity contribution < 1.29 is 9.47 Å². The second-order valence-corrected chi connectivity index (χ2v) is 8.23. The fraction of sp³-hybridized carbons (Fsp3) is 0.682. The van der Waals surface area contributed by atoms with Crippen LogP contribution in [0.2, 0.25) is 0 Å². The lowest BCUT2D eigenvalue weighted by atomic mass is 10.0. The van der Waals surface area contributed by atoms with Crippen LogP contribution in [0.4, 0.5) is 5.69 Å². The fourth-order valence-electron chi connectivity index (χ4n) is 4.01. The molecule has 0 bridgehead atoms. The molecule has 1 aromatic rings. The summed E-state index contributed by atoms with van der Waals surface area (Å²) < 4.78 is 11.0. The minimum Gasteiger partial charge on any atom is -0.495 e. The Morgan fingerprint density at radius 2 is 1.79 bits per heavy atom. The Labute approximate surface area is 175 Å². The van der Waals surface area contributed by atoms with Gasteiger partial charge in [-0.2, -0.15) is 0 Å². The number of guanidine groups is 1. The summed E-state index contributed by atoms with van der Waals surface area (Å²) in [4.78, 5) is 12.3. The van der Waals surface area contributed by atoms with Crippen LogP contribution in [0.25, 0.3) is 0 Å². The maximum Gasteiger partial charge on any atom is 0.194 e. The van der Waals surface area contributed by atoms with Crippen LogP contribution in [0.1, 0.15) is 20.8 Å². The number of methoxy groups -OCH3 is 1. The van der Waals surface area contributed by atoms with Crippen molar-refractivity contribution in [1.82, 2.24) is 15.1 Å². The minimum atomic E-state index is 0.0314. The molecule has 0 aromatic heterocycles. The summed E-state index contributed by atoms with van der Waals surface area (Å²) in [6, 6.07) is 8.26. The maximum absolute atomic E-state index is 5.54. The van der Waals surface area contributed by atoms with Gasteiger partial charge in [-0.25, -0.2) is 0 Å². The number of para-hydroxylation sites is 2. The Bertz CT molecular complexity index is 665. The lowest BCUT2D eigenvalue weighted by Gasteiger charge is -2.41. The van der Waals surface area contributed by atoms with Gasteiger partial charge in [-0.3, -0.25) is 9.89 Å². The molecule has 162 valence electrons. The quantitative estimate of drug-likeness (QED) is 0.578. The second kappa shape index (κ2) is 10.2. The van der Waals surface area contributed by atoms with E-state index in [0.29, 0.717) is 0 Å². The molecule has 1 aromatic carbocycles. The highest BCUT2D eigenvalue weighted by Gasteiger charge is 2.29. The summed E-state index contributed by atoms with van der Waals surface area (Å²) in [7, 11) is 1.74. The van der Waals surface area contributed by atoms with E-state index >= 15 is 0 Å². The summed E-state index contributed by atoms with van der Waals surface area (Å²) in [5.41, 5.74) is 1.20. The Balaban J connectivity index is 1.62. The van der Waals surface area contributed by atoms with Crippen molar-refractivity contribution in [2.24, 2.45) is 4.99 Å². The maximum atomic E-state index is 5.54. The number of hydrogen-bond acceptors (Lipinski definition) is 5. The van der Waals surface area contributed by atoms with Crippen LogP contribution in [-0.2, 0) is 4.74 Å². The number of hydrogen-bond donors (Lipinski definition) is 1. The average molecular weight is 404 g/mol. The third kappa shape index (κ3) is 5.54. The van der Waals surface area contributed by atoms with E-state index in [1.54, 1.807) is 7.11 Å². The van der Waals surface area contributed by atoms with Crippen molar-refractivity contribution in [3.63, 3.8) is 0 Å². The first-order chi connectivity index (χ1) is 14.0. The molecular weight excluding hydrogens is 366 g/mol. The molecule has 2 aliphatic heterocycles. The van der Waals surface area contributed by atoms with Gasteiger partial charge in [-0.1, -0.05) is 12.1 Å². The summed E-state index contributed by atoms with van der Waals surface area (Å²) in [5.74, 6) is 1.96. The van der Waals surface area contributed by atoms with Crippen LogP contribution in [0, 0.1) is 0 Å². The van der Waals surface area contributed by atoms with Gasteiger partial charge in [0.2, 0.25) is 0 Å². The van der Waals surface area contributed by atoms with E-state index < -0.39 is 0 Å². The predicted molar refractivity (Wildman–Crippen MR) is 119 cm³/mol. The Kier molecular flexibility index (Phi) is 7.61. The Morgan fingerprint density at radius 1 is 1.10 bits per heavy atom. The largest absolute Gasteiger partial charge is 0.495 e. The van der Waals surface area contributed by atoms with Gasteiger partial charge in [0.05, 0.1) is 32.6 Å². The van der Waals surface area contributed by atoms with Crippen molar-refractivity contribution in [3.8, 4) is 5.75 Å². The van der Waals surface area contributed by atoms with E-state index in [0.717, 1.165) is 77.3 Å². The van der Waals surface area contributed by atoms with Crippen LogP contribution >= 0.6 is 0 Å². The van der Waals surface area contributed by atoms with Crippen LogP contribution in [0.3, 0.4) is 0 Å². The molecule has 0 radical (unpaired) electrons. The molecule has 7 nitrogen and oxygen atoms in total. The van der Waals surface area contributed by atoms with E-state index in [1.807, 2.05) is 12.1 Å². The van der Waals surface area contributed by atoms with E-state index in [4.69, 9.17) is 14.5 Å². The number of piperazine rings is 1. The van der Waals surface area contributed by atoms with Gasteiger partial charge < -0.3 is 24.6 Å². The summed E-state index contributed by atoms with van der Waals surface area (Å²) in [6.45, 7) is 15.8. The number of benzene rings is 1. The number of aliphatic imine (C=N–C) groups is 1. The molecule has 2 fully saturated rings. The highest BCUT2D eigenvalue weighted by molar-refractivity contribution is 5.80. The minimum absolute atomic E-state index is 0.0314. The van der Waals surface area contributed by atoms with Crippen molar-refractivity contribution in [2.75, 3.05) is 77.6 Å². The second-order valence-electron chi connectivity index (χ2n) is 8.23. The first kappa shape index (κ1) is 21.7. The van der Waals surface area contributed by atoms with Crippen molar-refractivity contribution in [2.45, 2.75) is 26.3 Å². The van der Waals surface area contributed by atoms with Crippen molar-refractivity contribution in [1.29, 1.82) is 0 Å². The third-order valence-electron chi connectivity index (χ3n) is 5.82. The molecule has 29 heavy (non-hydrogen) atoms. The first-order valence-electron chi connectivity index (χ1n) is 10.8. The highest BCUT2D eigenvalue weighted by atomic mass is 16.5. The van der Waals surface area contributed by atoms with Gasteiger partial charge in [0.1, 0.15) is 5.75 Å². The zero-order chi connectivity index (χ0) is 20.7. The summed E-state index contributed by atoms with van der Waals surface area (Å²) in [5, 5.41) is 3.49. The van der Waals surface area contributed by atoms with Crippen LogP contribution in [-0.4, -0.2) is 94.0 Å². The van der Waals surface area contributed by atoms with Crippen molar-refractivity contribution >= 4 is 11.6 Å². The molecule has 2 saturated heterocycles. The fourth-order valence-corrected chi connectivity index (χ4v) is 4.01. The standard InChI is InChI=1S/C22H37N5O2/c1-5-23-21(24-18-22(2,3)27-14-16-29-17-15-27)26-12-10-25(11-13-26)19-8-6-7-9-20(19)28-4/h6-9H,5,10-18H2,1-4H3,(H,23,24). The molecule has 2 aliphatic rings. The molecule has 0 unspecified atom stereocenters. The van der Waals surface area contributed by atoms with Gasteiger partial charge in [-0.15, -0.1) is 0 Å². The molecule has 2 heterocycles. The van der Waals surface area contributed by atoms with Crippen LogP contribution in [0.5, 0.6) is 5.75 Å². The van der Waals surface area contributed by atoms with E-state index in [-0.39, 0.29) is 5.54 Å². The number of nitrogens with one attached hydrogen (secondary N) is 1. The zero-order valence-corrected chi connectivity index (χ0v) is 18.5. The smallest absolute Gasteiger partial charge is 0.194 e. The molecule has 0 spiro atoms. The first-order valence-corrected chi connectivity index (χ1v) is 10.8. The SMILES string of the molecule is CCNC(=NCC(C)(C)N1CCOCC1)N1CCN(c2ccccc2OC)CC1. The van der Waals surface area contributed by atoms with Crippen molar-refractivity contribution in [3.05, 3.63) is 24.3 Å². The monoisotopic (exact) mass is 403 g/mol. The topological polar surface area (TPSA) is 52.6 Å². The molecule has 3 rings (SSSR count). The Morgan fingerprint density at radius 3 is 2.45 bits per heavy atom. The number of rotatable bonds is 6. The zero-order valence-electron chi connectivity index (χ0n) is 18.5. The predicted octanol–water partition coefficient (Wildman–Crippen LogP) is 1.89. The van der Waals surface area contributed by atoms with Gasteiger partial charge >= 0.3 is 0 Å². The third-order valence-corrected chi connectivity index (χ3v) is 5.82. The molecule has 1 N–H and O–H groups in total. The van der Waals surface area contributed by atoms with Gasteiger partial charge in [0, 0.05) is 51.4 Å². The molecular formula is C22H37N5O2. The lowest BCUT2D eigenvalue weighted by Crippen LogP contribution is -2.54. The highest BCUT2D eigenvalue weighted by Crippen LogP contribution is 2.28. The average Bonchev–Trinajstić information content (AvgIpc) is 2.77. The van der Waals surface area contributed by atoms with E-state index in [2.05, 4.69) is 52.9 Å². The van der Waals surface area contributed by atoms with Gasteiger partial charge in [0.15, 0.2) is 5.96 Å². The van der Waals surface area contributed by atoms with Crippen LogP contribution < -0.4 is 15.0 Å². The molecule has 7 heteroatoms. The normalized spacial score (nSPS) is 19.4. The number of morpholine rings is 1. The molecule has 0 amide bonds. The number of ether oxygens (including phenoxy) is 2.